The van der Waals surface area contributed by atoms with Crippen LogP contribution in [0.2, 0.25) is 0 Å². The van der Waals surface area contributed by atoms with Gasteiger partial charge in [0.15, 0.2) is 5.78 Å². The van der Waals surface area contributed by atoms with Gasteiger partial charge in [0, 0.05) is 11.3 Å². The number of nitrogens with one attached hydrogen (secondary N) is 2. The van der Waals surface area contributed by atoms with Crippen molar-refractivity contribution in [3.63, 3.8) is 0 Å². The van der Waals surface area contributed by atoms with E-state index in [1.165, 1.54) is 6.92 Å². The zero-order valence-electron chi connectivity index (χ0n) is 14.2. The molecule has 2 N–H and O–H groups in total. The molecule has 6 heteroatoms. The Labute approximate surface area is 146 Å². The number of ketones is 1. The molecule has 0 radical (unpaired) electrons. The number of esters is 1. The molecule has 0 aromatic heterocycles. The minimum Gasteiger partial charge on any atom is -0.462 e. The van der Waals surface area contributed by atoms with Crippen molar-refractivity contribution in [3.8, 4) is 0 Å². The van der Waals surface area contributed by atoms with E-state index in [0.29, 0.717) is 22.5 Å². The Bertz CT molecular complexity index is 786. The van der Waals surface area contributed by atoms with Crippen molar-refractivity contribution in [2.75, 3.05) is 23.8 Å². The molecule has 1 amide bonds. The number of anilines is 2. The maximum atomic E-state index is 12.1. The SMILES string of the molecule is CCOC(=O)c1ccccc1NC(=O)CNc1cccc(C(C)=O)c1. The molecular weight excluding hydrogens is 320 g/mol. The highest BCUT2D eigenvalue weighted by Gasteiger charge is 2.13. The highest BCUT2D eigenvalue weighted by atomic mass is 16.5. The highest BCUT2D eigenvalue weighted by molar-refractivity contribution is 6.02. The van der Waals surface area contributed by atoms with Crippen molar-refractivity contribution in [2.45, 2.75) is 13.8 Å². The summed E-state index contributed by atoms with van der Waals surface area (Å²) in [6.07, 6.45) is 0. The number of carbonyl (C=O) groups is 3. The van der Waals surface area contributed by atoms with Crippen molar-refractivity contribution in [1.82, 2.24) is 0 Å². The van der Waals surface area contributed by atoms with Crippen molar-refractivity contribution >= 4 is 29.0 Å². The normalized spacial score (nSPS) is 10.0. The number of Topliss-reactive ketones (excluding diaryl/α,β-unsaturated/α-hetero) is 1. The molecule has 130 valence electrons. The van der Waals surface area contributed by atoms with Crippen LogP contribution in [-0.4, -0.2) is 30.8 Å². The lowest BCUT2D eigenvalue weighted by Gasteiger charge is -2.11. The molecule has 0 bridgehead atoms. The largest absolute Gasteiger partial charge is 0.462 e. The van der Waals surface area contributed by atoms with E-state index in [9.17, 15) is 14.4 Å². The fourth-order valence-electron chi connectivity index (χ4n) is 2.20. The summed E-state index contributed by atoms with van der Waals surface area (Å²) in [5.74, 6) is -0.845. The number of benzene rings is 2. The third-order valence-electron chi connectivity index (χ3n) is 3.42. The second-order valence-electron chi connectivity index (χ2n) is 5.30. The monoisotopic (exact) mass is 340 g/mol. The predicted octanol–water partition coefficient (Wildman–Crippen LogP) is 3.12. The lowest BCUT2D eigenvalue weighted by Crippen LogP contribution is -2.23. The Morgan fingerprint density at radius 2 is 1.80 bits per heavy atom. The van der Waals surface area contributed by atoms with Crippen LogP contribution in [0, 0.1) is 0 Å². The van der Waals surface area contributed by atoms with Crippen molar-refractivity contribution in [2.24, 2.45) is 0 Å². The van der Waals surface area contributed by atoms with E-state index >= 15 is 0 Å². The molecular formula is C19H20N2O4. The van der Waals surface area contributed by atoms with Gasteiger partial charge in [-0.3, -0.25) is 9.59 Å². The molecule has 0 saturated heterocycles. The van der Waals surface area contributed by atoms with Gasteiger partial charge in [-0.25, -0.2) is 4.79 Å². The molecule has 2 rings (SSSR count). The van der Waals surface area contributed by atoms with Crippen LogP contribution in [0.25, 0.3) is 0 Å². The summed E-state index contributed by atoms with van der Waals surface area (Å²) in [7, 11) is 0. The van der Waals surface area contributed by atoms with Crippen molar-refractivity contribution in [1.29, 1.82) is 0 Å². The van der Waals surface area contributed by atoms with Crippen LogP contribution in [0.3, 0.4) is 0 Å². The second kappa shape index (κ2) is 8.63. The van der Waals surface area contributed by atoms with Crippen LogP contribution in [0.4, 0.5) is 11.4 Å². The molecule has 0 aliphatic carbocycles. The Morgan fingerprint density at radius 3 is 2.52 bits per heavy atom. The number of para-hydroxylation sites is 1. The predicted molar refractivity (Wildman–Crippen MR) is 96.0 cm³/mol. The summed E-state index contributed by atoms with van der Waals surface area (Å²) in [6, 6.07) is 13.6. The first-order chi connectivity index (χ1) is 12.0. The van der Waals surface area contributed by atoms with E-state index in [0.717, 1.165) is 0 Å². The maximum Gasteiger partial charge on any atom is 0.340 e. The summed E-state index contributed by atoms with van der Waals surface area (Å²) in [6.45, 7) is 3.46. The van der Waals surface area contributed by atoms with Gasteiger partial charge >= 0.3 is 5.97 Å². The Morgan fingerprint density at radius 1 is 1.04 bits per heavy atom. The van der Waals surface area contributed by atoms with Gasteiger partial charge in [-0.15, -0.1) is 0 Å². The quantitative estimate of drug-likeness (QED) is 0.597. The molecule has 6 nitrogen and oxygen atoms in total. The molecule has 0 spiro atoms. The highest BCUT2D eigenvalue weighted by Crippen LogP contribution is 2.16. The minimum atomic E-state index is -0.486. The fourth-order valence-corrected chi connectivity index (χ4v) is 2.20. The van der Waals surface area contributed by atoms with Gasteiger partial charge in [0.2, 0.25) is 5.91 Å². The standard InChI is InChI=1S/C19H20N2O4/c1-3-25-19(24)16-9-4-5-10-17(16)21-18(23)12-20-15-8-6-7-14(11-15)13(2)22/h4-11,20H,3,12H2,1-2H3,(H,21,23). The topological polar surface area (TPSA) is 84.5 Å². The summed E-state index contributed by atoms with van der Waals surface area (Å²) in [5, 5.41) is 5.64. The van der Waals surface area contributed by atoms with Crippen LogP contribution in [-0.2, 0) is 9.53 Å². The zero-order chi connectivity index (χ0) is 18.2. The lowest BCUT2D eigenvalue weighted by molar-refractivity contribution is -0.114. The molecule has 0 saturated carbocycles. The smallest absolute Gasteiger partial charge is 0.340 e. The number of rotatable bonds is 7. The molecule has 0 atom stereocenters. The van der Waals surface area contributed by atoms with Crippen LogP contribution in [0.5, 0.6) is 0 Å². The van der Waals surface area contributed by atoms with E-state index in [1.54, 1.807) is 55.5 Å². The molecule has 0 unspecified atom stereocenters. The van der Waals surface area contributed by atoms with Crippen molar-refractivity contribution in [3.05, 3.63) is 59.7 Å². The number of amides is 1. The van der Waals surface area contributed by atoms with Gasteiger partial charge in [0.1, 0.15) is 0 Å². The van der Waals surface area contributed by atoms with Gasteiger partial charge in [-0.2, -0.15) is 0 Å². The van der Waals surface area contributed by atoms with E-state index < -0.39 is 5.97 Å². The Balaban J connectivity index is 2.00. The molecule has 0 aliphatic rings. The summed E-state index contributed by atoms with van der Waals surface area (Å²) < 4.78 is 4.98. The molecule has 2 aromatic carbocycles. The van der Waals surface area contributed by atoms with Crippen LogP contribution in [0.1, 0.15) is 34.6 Å². The van der Waals surface area contributed by atoms with Gasteiger partial charge in [-0.1, -0.05) is 24.3 Å². The third kappa shape index (κ3) is 5.17. The second-order valence-corrected chi connectivity index (χ2v) is 5.30. The fraction of sp³-hybridized carbons (Fsp3) is 0.211. The molecule has 0 heterocycles. The van der Waals surface area contributed by atoms with E-state index in [-0.39, 0.29) is 24.8 Å². The third-order valence-corrected chi connectivity index (χ3v) is 3.42. The number of hydrogen-bond acceptors (Lipinski definition) is 5. The van der Waals surface area contributed by atoms with E-state index in [4.69, 9.17) is 4.74 Å². The molecule has 25 heavy (non-hydrogen) atoms. The van der Waals surface area contributed by atoms with E-state index in [1.807, 2.05) is 0 Å². The van der Waals surface area contributed by atoms with E-state index in [2.05, 4.69) is 10.6 Å². The first kappa shape index (κ1) is 18.2. The number of hydrogen-bond donors (Lipinski definition) is 2. The van der Waals surface area contributed by atoms with Crippen LogP contribution in [0.15, 0.2) is 48.5 Å². The average Bonchev–Trinajstić information content (AvgIpc) is 2.61. The Kier molecular flexibility index (Phi) is 6.28. The summed E-state index contributed by atoms with van der Waals surface area (Å²) in [5.41, 5.74) is 1.93. The Hall–Kier alpha value is -3.15. The van der Waals surface area contributed by atoms with Crippen molar-refractivity contribution < 1.29 is 19.1 Å². The number of carbonyl (C=O) groups excluding carboxylic acids is 3. The van der Waals surface area contributed by atoms with Gasteiger partial charge < -0.3 is 15.4 Å². The molecule has 0 aliphatic heterocycles. The van der Waals surface area contributed by atoms with Crippen LogP contribution < -0.4 is 10.6 Å². The molecule has 0 fully saturated rings. The minimum absolute atomic E-state index is 0.00147. The number of ether oxygens (including phenoxy) is 1. The van der Waals surface area contributed by atoms with Gasteiger partial charge in [0.25, 0.3) is 0 Å². The first-order valence-electron chi connectivity index (χ1n) is 7.92. The lowest BCUT2D eigenvalue weighted by atomic mass is 10.1. The van der Waals surface area contributed by atoms with Crippen LogP contribution >= 0.6 is 0 Å². The molecule has 2 aromatic rings. The van der Waals surface area contributed by atoms with Gasteiger partial charge in [0.05, 0.1) is 24.4 Å². The summed E-state index contributed by atoms with van der Waals surface area (Å²) >= 11 is 0. The summed E-state index contributed by atoms with van der Waals surface area (Å²) in [4.78, 5) is 35.4. The first-order valence-corrected chi connectivity index (χ1v) is 7.92. The zero-order valence-corrected chi connectivity index (χ0v) is 14.2. The van der Waals surface area contributed by atoms with Gasteiger partial charge in [-0.05, 0) is 38.1 Å². The maximum absolute atomic E-state index is 12.1. The average molecular weight is 340 g/mol.